The molecule has 0 aliphatic heterocycles. The van der Waals surface area contributed by atoms with Gasteiger partial charge in [0.2, 0.25) is 0 Å². The van der Waals surface area contributed by atoms with Crippen LogP contribution in [-0.2, 0) is 4.74 Å². The van der Waals surface area contributed by atoms with Crippen molar-refractivity contribution in [3.05, 3.63) is 23.8 Å². The van der Waals surface area contributed by atoms with Crippen molar-refractivity contribution in [2.45, 2.75) is 33.2 Å². The fourth-order valence-electron chi connectivity index (χ4n) is 1.66. The second-order valence-electron chi connectivity index (χ2n) is 4.26. The van der Waals surface area contributed by atoms with Crippen LogP contribution in [0.4, 0.5) is 5.69 Å². The molecule has 1 unspecified atom stereocenters. The molecule has 1 N–H and O–H groups in total. The number of hydrogen-bond donors (Lipinski definition) is 1. The first-order valence-electron chi connectivity index (χ1n) is 6.16. The lowest BCUT2D eigenvalue weighted by Gasteiger charge is -2.18. The summed E-state index contributed by atoms with van der Waals surface area (Å²) in [5.74, 6) is 0.928. The molecular formula is C14H23NO2. The van der Waals surface area contributed by atoms with E-state index in [0.717, 1.165) is 24.5 Å². The highest BCUT2D eigenvalue weighted by Gasteiger charge is 2.07. The molecule has 0 fully saturated rings. The van der Waals surface area contributed by atoms with E-state index in [2.05, 4.69) is 37.4 Å². The standard InChI is InChI=1S/C14H23NO2/c1-5-17-14-10-11(2)6-7-13(14)15-12(3)8-9-16-4/h6-7,10,12,15H,5,8-9H2,1-4H3. The van der Waals surface area contributed by atoms with E-state index in [9.17, 15) is 0 Å². The van der Waals surface area contributed by atoms with Gasteiger partial charge >= 0.3 is 0 Å². The van der Waals surface area contributed by atoms with Crippen LogP contribution in [0.1, 0.15) is 25.8 Å². The molecule has 17 heavy (non-hydrogen) atoms. The Morgan fingerprint density at radius 2 is 2.12 bits per heavy atom. The van der Waals surface area contributed by atoms with Gasteiger partial charge in [0.1, 0.15) is 5.75 Å². The summed E-state index contributed by atoms with van der Waals surface area (Å²) in [5, 5.41) is 3.45. The Labute approximate surface area is 104 Å². The quantitative estimate of drug-likeness (QED) is 0.789. The molecule has 1 rings (SSSR count). The molecule has 96 valence electrons. The summed E-state index contributed by atoms with van der Waals surface area (Å²) in [4.78, 5) is 0. The zero-order valence-electron chi connectivity index (χ0n) is 11.2. The fourth-order valence-corrected chi connectivity index (χ4v) is 1.66. The van der Waals surface area contributed by atoms with Crippen LogP contribution in [0.2, 0.25) is 0 Å². The SMILES string of the molecule is CCOc1cc(C)ccc1NC(C)CCOC. The zero-order valence-corrected chi connectivity index (χ0v) is 11.2. The van der Waals surface area contributed by atoms with E-state index in [1.54, 1.807) is 7.11 Å². The summed E-state index contributed by atoms with van der Waals surface area (Å²) in [6.45, 7) is 7.67. The first-order chi connectivity index (χ1) is 8.17. The molecule has 3 heteroatoms. The van der Waals surface area contributed by atoms with Crippen LogP contribution in [0.5, 0.6) is 5.75 Å². The van der Waals surface area contributed by atoms with E-state index in [-0.39, 0.29) is 0 Å². The van der Waals surface area contributed by atoms with Gasteiger partial charge in [0.15, 0.2) is 0 Å². The van der Waals surface area contributed by atoms with Crippen molar-refractivity contribution >= 4 is 5.69 Å². The van der Waals surface area contributed by atoms with Crippen LogP contribution >= 0.6 is 0 Å². The van der Waals surface area contributed by atoms with Crippen molar-refractivity contribution in [1.82, 2.24) is 0 Å². The predicted molar refractivity (Wildman–Crippen MR) is 71.9 cm³/mol. The molecular weight excluding hydrogens is 214 g/mol. The lowest BCUT2D eigenvalue weighted by atomic mass is 10.1. The van der Waals surface area contributed by atoms with E-state index < -0.39 is 0 Å². The molecule has 0 aliphatic rings. The van der Waals surface area contributed by atoms with Crippen molar-refractivity contribution in [2.24, 2.45) is 0 Å². The molecule has 1 aromatic carbocycles. The van der Waals surface area contributed by atoms with Gasteiger partial charge in [0, 0.05) is 19.8 Å². The highest BCUT2D eigenvalue weighted by Crippen LogP contribution is 2.26. The number of hydrogen-bond acceptors (Lipinski definition) is 3. The Morgan fingerprint density at radius 1 is 1.35 bits per heavy atom. The minimum atomic E-state index is 0.372. The molecule has 0 aromatic heterocycles. The highest BCUT2D eigenvalue weighted by molar-refractivity contribution is 5.58. The Hall–Kier alpha value is -1.22. The molecule has 1 atom stereocenters. The van der Waals surface area contributed by atoms with Gasteiger partial charge in [-0.3, -0.25) is 0 Å². The lowest BCUT2D eigenvalue weighted by Crippen LogP contribution is -2.17. The molecule has 0 spiro atoms. The minimum Gasteiger partial charge on any atom is -0.492 e. The van der Waals surface area contributed by atoms with Gasteiger partial charge in [-0.25, -0.2) is 0 Å². The number of anilines is 1. The summed E-state index contributed by atoms with van der Waals surface area (Å²) in [6.07, 6.45) is 0.982. The minimum absolute atomic E-state index is 0.372. The number of aryl methyl sites for hydroxylation is 1. The Bertz CT molecular complexity index is 339. The van der Waals surface area contributed by atoms with Gasteiger partial charge < -0.3 is 14.8 Å². The van der Waals surface area contributed by atoms with Gasteiger partial charge in [-0.05, 0) is 44.9 Å². The average molecular weight is 237 g/mol. The van der Waals surface area contributed by atoms with Crippen LogP contribution in [0, 0.1) is 6.92 Å². The van der Waals surface area contributed by atoms with Crippen molar-refractivity contribution in [3.8, 4) is 5.75 Å². The topological polar surface area (TPSA) is 30.5 Å². The predicted octanol–water partition coefficient (Wildman–Crippen LogP) is 3.23. The van der Waals surface area contributed by atoms with Crippen molar-refractivity contribution in [1.29, 1.82) is 0 Å². The van der Waals surface area contributed by atoms with E-state index in [1.165, 1.54) is 5.56 Å². The summed E-state index contributed by atoms with van der Waals surface area (Å²) >= 11 is 0. The third kappa shape index (κ3) is 4.65. The zero-order chi connectivity index (χ0) is 12.7. The smallest absolute Gasteiger partial charge is 0.142 e. The lowest BCUT2D eigenvalue weighted by molar-refractivity contribution is 0.191. The normalized spacial score (nSPS) is 12.2. The van der Waals surface area contributed by atoms with E-state index >= 15 is 0 Å². The number of rotatable bonds is 7. The van der Waals surface area contributed by atoms with Gasteiger partial charge in [0.05, 0.1) is 12.3 Å². The number of benzene rings is 1. The van der Waals surface area contributed by atoms with Gasteiger partial charge in [-0.1, -0.05) is 6.07 Å². The third-order valence-electron chi connectivity index (χ3n) is 2.59. The summed E-state index contributed by atoms with van der Waals surface area (Å²) < 4.78 is 10.7. The van der Waals surface area contributed by atoms with Gasteiger partial charge in [-0.15, -0.1) is 0 Å². The molecule has 0 saturated heterocycles. The second kappa shape index (κ2) is 7.17. The van der Waals surface area contributed by atoms with Crippen molar-refractivity contribution < 1.29 is 9.47 Å². The first kappa shape index (κ1) is 13.8. The Balaban J connectivity index is 2.68. The van der Waals surface area contributed by atoms with E-state index in [4.69, 9.17) is 9.47 Å². The first-order valence-corrected chi connectivity index (χ1v) is 6.16. The maximum Gasteiger partial charge on any atom is 0.142 e. The molecule has 0 saturated carbocycles. The number of methoxy groups -OCH3 is 1. The molecule has 0 aliphatic carbocycles. The summed E-state index contributed by atoms with van der Waals surface area (Å²) in [5.41, 5.74) is 2.27. The van der Waals surface area contributed by atoms with E-state index in [1.807, 2.05) is 6.92 Å². The molecule has 0 heterocycles. The number of ether oxygens (including phenoxy) is 2. The van der Waals surface area contributed by atoms with Crippen LogP contribution in [0.3, 0.4) is 0 Å². The Morgan fingerprint density at radius 3 is 2.76 bits per heavy atom. The molecule has 0 radical (unpaired) electrons. The van der Waals surface area contributed by atoms with Crippen molar-refractivity contribution in [2.75, 3.05) is 25.6 Å². The highest BCUT2D eigenvalue weighted by atomic mass is 16.5. The van der Waals surface area contributed by atoms with Crippen LogP contribution in [-0.4, -0.2) is 26.4 Å². The second-order valence-corrected chi connectivity index (χ2v) is 4.26. The van der Waals surface area contributed by atoms with Crippen LogP contribution < -0.4 is 10.1 Å². The van der Waals surface area contributed by atoms with Gasteiger partial charge in [-0.2, -0.15) is 0 Å². The molecule has 3 nitrogen and oxygen atoms in total. The summed E-state index contributed by atoms with van der Waals surface area (Å²) in [6, 6.07) is 6.60. The van der Waals surface area contributed by atoms with Crippen LogP contribution in [0.15, 0.2) is 18.2 Å². The maximum absolute atomic E-state index is 5.63. The Kier molecular flexibility index (Phi) is 5.84. The third-order valence-corrected chi connectivity index (χ3v) is 2.59. The van der Waals surface area contributed by atoms with Gasteiger partial charge in [0.25, 0.3) is 0 Å². The maximum atomic E-state index is 5.63. The molecule has 0 bridgehead atoms. The molecule has 0 amide bonds. The largest absolute Gasteiger partial charge is 0.492 e. The number of nitrogens with one attached hydrogen (secondary N) is 1. The molecule has 1 aromatic rings. The fraction of sp³-hybridized carbons (Fsp3) is 0.571. The van der Waals surface area contributed by atoms with E-state index in [0.29, 0.717) is 12.6 Å². The van der Waals surface area contributed by atoms with Crippen LogP contribution in [0.25, 0.3) is 0 Å². The monoisotopic (exact) mass is 237 g/mol. The van der Waals surface area contributed by atoms with Crippen molar-refractivity contribution in [3.63, 3.8) is 0 Å². The summed E-state index contributed by atoms with van der Waals surface area (Å²) in [7, 11) is 1.73. The average Bonchev–Trinajstić information content (AvgIpc) is 2.30.